The van der Waals surface area contributed by atoms with Gasteiger partial charge in [0, 0.05) is 6.54 Å². The van der Waals surface area contributed by atoms with Gasteiger partial charge in [0.15, 0.2) is 5.82 Å². The lowest BCUT2D eigenvalue weighted by Gasteiger charge is -2.12. The Bertz CT molecular complexity index is 774. The second-order valence-electron chi connectivity index (χ2n) is 5.36. The molecule has 0 saturated carbocycles. The van der Waals surface area contributed by atoms with Crippen LogP contribution in [-0.4, -0.2) is 27.1 Å². The molecular formula is C15H18N4O2S. The van der Waals surface area contributed by atoms with Gasteiger partial charge >= 0.3 is 0 Å². The monoisotopic (exact) mass is 318 g/mol. The number of hydrogen-bond acceptors (Lipinski definition) is 7. The van der Waals surface area contributed by atoms with E-state index in [1.807, 2.05) is 26.3 Å². The Morgan fingerprint density at radius 3 is 2.64 bits per heavy atom. The van der Waals surface area contributed by atoms with Gasteiger partial charge in [-0.3, -0.25) is 4.90 Å². The summed E-state index contributed by atoms with van der Waals surface area (Å²) in [5.41, 5.74) is 2.12. The molecule has 3 rings (SSSR count). The maximum absolute atomic E-state index is 5.82. The quantitative estimate of drug-likeness (QED) is 0.718. The summed E-state index contributed by atoms with van der Waals surface area (Å²) in [6.07, 6.45) is 0. The zero-order chi connectivity index (χ0) is 15.7. The molecule has 0 aliphatic carbocycles. The van der Waals surface area contributed by atoms with Crippen molar-refractivity contribution in [1.82, 2.24) is 20.0 Å². The molecule has 0 aliphatic heterocycles. The predicted molar refractivity (Wildman–Crippen MR) is 83.5 cm³/mol. The summed E-state index contributed by atoms with van der Waals surface area (Å²) in [6.45, 7) is 7.07. The highest BCUT2D eigenvalue weighted by Gasteiger charge is 2.16. The van der Waals surface area contributed by atoms with Gasteiger partial charge in [0.05, 0.1) is 17.1 Å². The number of rotatable bonds is 5. The lowest BCUT2D eigenvalue weighted by Crippen LogP contribution is -2.18. The fraction of sp³-hybridized carbons (Fsp3) is 0.400. The van der Waals surface area contributed by atoms with Crippen molar-refractivity contribution in [3.63, 3.8) is 0 Å². The van der Waals surface area contributed by atoms with E-state index in [1.165, 1.54) is 5.56 Å². The van der Waals surface area contributed by atoms with Crippen LogP contribution in [0, 0.1) is 20.8 Å². The predicted octanol–water partition coefficient (Wildman–Crippen LogP) is 3.34. The van der Waals surface area contributed by atoms with Gasteiger partial charge in [-0.1, -0.05) is 5.16 Å². The summed E-state index contributed by atoms with van der Waals surface area (Å²) in [5.74, 6) is 2.80. The molecule has 0 spiro atoms. The fourth-order valence-electron chi connectivity index (χ4n) is 2.21. The van der Waals surface area contributed by atoms with Crippen LogP contribution >= 0.6 is 11.3 Å². The average molecular weight is 318 g/mol. The largest absolute Gasteiger partial charge is 0.440 e. The molecule has 7 heteroatoms. The Balaban J connectivity index is 1.72. The molecule has 0 N–H and O–H groups in total. The third-order valence-electron chi connectivity index (χ3n) is 3.34. The highest BCUT2D eigenvalue weighted by atomic mass is 32.1. The van der Waals surface area contributed by atoms with Crippen LogP contribution in [0.25, 0.3) is 10.8 Å². The van der Waals surface area contributed by atoms with Gasteiger partial charge in [0.25, 0.3) is 0 Å². The van der Waals surface area contributed by atoms with Crippen molar-refractivity contribution in [2.24, 2.45) is 0 Å². The fourth-order valence-corrected chi connectivity index (χ4v) is 3.06. The van der Waals surface area contributed by atoms with Crippen molar-refractivity contribution in [2.75, 3.05) is 7.05 Å². The number of nitrogens with zero attached hydrogens (tertiary/aromatic N) is 4. The molecule has 0 fully saturated rings. The summed E-state index contributed by atoms with van der Waals surface area (Å²) in [5, 5.41) is 5.85. The molecule has 0 bridgehead atoms. The third kappa shape index (κ3) is 3.10. The molecule has 6 nitrogen and oxygen atoms in total. The number of aromatic nitrogens is 3. The first kappa shape index (κ1) is 14.9. The number of thiophene rings is 1. The molecule has 0 saturated heterocycles. The topological polar surface area (TPSA) is 68.2 Å². The Morgan fingerprint density at radius 2 is 2.00 bits per heavy atom. The third-order valence-corrected chi connectivity index (χ3v) is 4.35. The van der Waals surface area contributed by atoms with Crippen LogP contribution in [-0.2, 0) is 13.1 Å². The minimum absolute atomic E-state index is 0.584. The molecule has 3 aromatic rings. The van der Waals surface area contributed by atoms with E-state index >= 15 is 0 Å². The Morgan fingerprint density at radius 1 is 1.18 bits per heavy atom. The van der Waals surface area contributed by atoms with Crippen LogP contribution in [0.4, 0.5) is 0 Å². The Kier molecular flexibility index (Phi) is 4.08. The Hall–Kier alpha value is -1.99. The zero-order valence-corrected chi connectivity index (χ0v) is 13.9. The molecule has 0 unspecified atom stereocenters. The molecule has 0 atom stereocenters. The molecule has 0 aromatic carbocycles. The molecule has 116 valence electrons. The lowest BCUT2D eigenvalue weighted by molar-refractivity contribution is 0.257. The van der Waals surface area contributed by atoms with E-state index in [0.717, 1.165) is 16.3 Å². The summed E-state index contributed by atoms with van der Waals surface area (Å²) in [4.78, 5) is 12.0. The van der Waals surface area contributed by atoms with Crippen molar-refractivity contribution in [1.29, 1.82) is 0 Å². The van der Waals surface area contributed by atoms with Gasteiger partial charge in [-0.25, -0.2) is 4.98 Å². The maximum Gasteiger partial charge on any atom is 0.240 e. The molecule has 0 amide bonds. The van der Waals surface area contributed by atoms with Crippen molar-refractivity contribution in [3.8, 4) is 10.8 Å². The summed E-state index contributed by atoms with van der Waals surface area (Å²) in [6, 6.07) is 2.07. The highest BCUT2D eigenvalue weighted by Crippen LogP contribution is 2.30. The SMILES string of the molecule is Cc1noc(CN(C)Cc2nc(-c3sccc3C)oc2C)n1. The number of oxazole rings is 1. The summed E-state index contributed by atoms with van der Waals surface area (Å²) < 4.78 is 11.0. The van der Waals surface area contributed by atoms with Crippen molar-refractivity contribution >= 4 is 11.3 Å². The molecule has 0 aliphatic rings. The van der Waals surface area contributed by atoms with Crippen LogP contribution in [0.15, 0.2) is 20.4 Å². The van der Waals surface area contributed by atoms with Crippen LogP contribution in [0.2, 0.25) is 0 Å². The highest BCUT2D eigenvalue weighted by molar-refractivity contribution is 7.13. The van der Waals surface area contributed by atoms with Gasteiger partial charge in [0.1, 0.15) is 5.76 Å². The van der Waals surface area contributed by atoms with Crippen LogP contribution in [0.5, 0.6) is 0 Å². The standard InChI is InChI=1S/C15H18N4O2S/c1-9-5-6-22-14(9)15-17-12(10(2)20-15)7-19(4)8-13-16-11(3)18-21-13/h5-6H,7-8H2,1-4H3. The molecule has 22 heavy (non-hydrogen) atoms. The van der Waals surface area contributed by atoms with Gasteiger partial charge in [-0.15, -0.1) is 11.3 Å². The average Bonchev–Trinajstić information content (AvgIpc) is 3.13. The van der Waals surface area contributed by atoms with Crippen molar-refractivity contribution in [3.05, 3.63) is 40.2 Å². The van der Waals surface area contributed by atoms with Gasteiger partial charge in [-0.05, 0) is 44.8 Å². The van der Waals surface area contributed by atoms with E-state index in [1.54, 1.807) is 11.3 Å². The number of hydrogen-bond donors (Lipinski definition) is 0. The van der Waals surface area contributed by atoms with E-state index in [4.69, 9.17) is 8.94 Å². The van der Waals surface area contributed by atoms with Crippen LogP contribution < -0.4 is 0 Å². The van der Waals surface area contributed by atoms with Crippen LogP contribution in [0.1, 0.15) is 28.7 Å². The Labute approximate surface area is 132 Å². The molecular weight excluding hydrogens is 300 g/mol. The first-order valence-electron chi connectivity index (χ1n) is 7.01. The van der Waals surface area contributed by atoms with Gasteiger partial charge < -0.3 is 8.94 Å². The second kappa shape index (κ2) is 6.02. The second-order valence-corrected chi connectivity index (χ2v) is 6.28. The van der Waals surface area contributed by atoms with Gasteiger partial charge in [-0.2, -0.15) is 4.98 Å². The lowest BCUT2D eigenvalue weighted by atomic mass is 10.3. The summed E-state index contributed by atoms with van der Waals surface area (Å²) >= 11 is 1.65. The van der Waals surface area contributed by atoms with Crippen molar-refractivity contribution < 1.29 is 8.94 Å². The molecule has 3 aromatic heterocycles. The summed E-state index contributed by atoms with van der Waals surface area (Å²) in [7, 11) is 1.99. The van der Waals surface area contributed by atoms with E-state index in [-0.39, 0.29) is 0 Å². The van der Waals surface area contributed by atoms with Gasteiger partial charge in [0.2, 0.25) is 11.8 Å². The molecule has 3 heterocycles. The van der Waals surface area contributed by atoms with E-state index in [0.29, 0.717) is 30.7 Å². The van der Waals surface area contributed by atoms with Crippen molar-refractivity contribution in [2.45, 2.75) is 33.9 Å². The van der Waals surface area contributed by atoms with Crippen LogP contribution in [0.3, 0.4) is 0 Å². The van der Waals surface area contributed by atoms with E-state index < -0.39 is 0 Å². The normalized spacial score (nSPS) is 11.5. The maximum atomic E-state index is 5.82. The smallest absolute Gasteiger partial charge is 0.240 e. The number of aryl methyl sites for hydroxylation is 3. The van der Waals surface area contributed by atoms with E-state index in [9.17, 15) is 0 Å². The first-order valence-corrected chi connectivity index (χ1v) is 7.89. The molecule has 0 radical (unpaired) electrons. The van der Waals surface area contributed by atoms with E-state index in [2.05, 4.69) is 33.0 Å². The zero-order valence-electron chi connectivity index (χ0n) is 13.1. The minimum Gasteiger partial charge on any atom is -0.440 e. The minimum atomic E-state index is 0.584. The first-order chi connectivity index (χ1) is 10.5.